The molecule has 112 valence electrons. The van der Waals surface area contributed by atoms with Gasteiger partial charge in [0.15, 0.2) is 0 Å². The Morgan fingerprint density at radius 2 is 2.10 bits per heavy atom. The van der Waals surface area contributed by atoms with Crippen LogP contribution in [0.15, 0.2) is 24.3 Å². The topological polar surface area (TPSA) is 41.1 Å². The molecule has 2 unspecified atom stereocenters. The van der Waals surface area contributed by atoms with Gasteiger partial charge in [-0.25, -0.2) is 0 Å². The number of benzene rings is 1. The number of amides is 1. The third kappa shape index (κ3) is 4.80. The van der Waals surface area contributed by atoms with E-state index in [-0.39, 0.29) is 24.4 Å². The first-order valence-electron chi connectivity index (χ1n) is 7.25. The Bertz CT molecular complexity index is 413. The van der Waals surface area contributed by atoms with Crippen LogP contribution in [0.25, 0.3) is 0 Å². The maximum atomic E-state index is 12.1. The van der Waals surface area contributed by atoms with E-state index in [0.29, 0.717) is 12.3 Å². The van der Waals surface area contributed by atoms with Crippen LogP contribution in [0.2, 0.25) is 0 Å². The number of rotatable bonds is 5. The van der Waals surface area contributed by atoms with Gasteiger partial charge in [-0.05, 0) is 44.3 Å². The molecule has 0 radical (unpaired) electrons. The zero-order valence-electron chi connectivity index (χ0n) is 12.3. The Balaban J connectivity index is 0.00000200. The van der Waals surface area contributed by atoms with Crippen molar-refractivity contribution < 1.29 is 4.79 Å². The van der Waals surface area contributed by atoms with Gasteiger partial charge in [0.1, 0.15) is 0 Å². The van der Waals surface area contributed by atoms with Crippen molar-refractivity contribution in [2.75, 3.05) is 13.1 Å². The molecule has 2 atom stereocenters. The summed E-state index contributed by atoms with van der Waals surface area (Å²) in [7, 11) is 0. The highest BCUT2D eigenvalue weighted by Gasteiger charge is 2.20. The van der Waals surface area contributed by atoms with Crippen LogP contribution in [0, 0.1) is 12.8 Å². The molecular formula is C16H25ClN2O. The zero-order chi connectivity index (χ0) is 13.7. The highest BCUT2D eigenvalue weighted by atomic mass is 35.5. The third-order valence-corrected chi connectivity index (χ3v) is 3.86. The number of hydrogen-bond donors (Lipinski definition) is 2. The number of hydrogen-bond acceptors (Lipinski definition) is 2. The van der Waals surface area contributed by atoms with E-state index in [0.717, 1.165) is 25.9 Å². The minimum atomic E-state index is 0. The lowest BCUT2D eigenvalue weighted by atomic mass is 10.0. The van der Waals surface area contributed by atoms with Crippen LogP contribution < -0.4 is 10.6 Å². The number of carbonyl (C=O) groups is 1. The summed E-state index contributed by atoms with van der Waals surface area (Å²) in [4.78, 5) is 12.1. The molecule has 0 bridgehead atoms. The van der Waals surface area contributed by atoms with Crippen LogP contribution in [-0.2, 0) is 4.79 Å². The number of nitrogens with one attached hydrogen (secondary N) is 2. The van der Waals surface area contributed by atoms with E-state index >= 15 is 0 Å². The summed E-state index contributed by atoms with van der Waals surface area (Å²) >= 11 is 0. The molecule has 1 heterocycles. The first-order chi connectivity index (χ1) is 9.19. The van der Waals surface area contributed by atoms with E-state index in [4.69, 9.17) is 0 Å². The Hall–Kier alpha value is -1.06. The van der Waals surface area contributed by atoms with Gasteiger partial charge in [0, 0.05) is 6.42 Å². The van der Waals surface area contributed by atoms with Gasteiger partial charge in [0.05, 0.1) is 6.04 Å². The van der Waals surface area contributed by atoms with Gasteiger partial charge in [-0.15, -0.1) is 12.4 Å². The molecule has 1 aromatic rings. The molecule has 0 aliphatic carbocycles. The largest absolute Gasteiger partial charge is 0.349 e. The number of halogens is 1. The Labute approximate surface area is 127 Å². The molecule has 0 saturated carbocycles. The van der Waals surface area contributed by atoms with Crippen LogP contribution in [0.5, 0.6) is 0 Å². The fourth-order valence-electron chi connectivity index (χ4n) is 2.62. The first-order valence-corrected chi connectivity index (χ1v) is 7.25. The Morgan fingerprint density at radius 3 is 2.65 bits per heavy atom. The summed E-state index contributed by atoms with van der Waals surface area (Å²) in [6, 6.07) is 8.57. The molecule has 0 spiro atoms. The smallest absolute Gasteiger partial charge is 0.220 e. The highest BCUT2D eigenvalue weighted by molar-refractivity contribution is 5.85. The second-order valence-electron chi connectivity index (χ2n) is 5.50. The quantitative estimate of drug-likeness (QED) is 0.877. The summed E-state index contributed by atoms with van der Waals surface area (Å²) in [5.74, 6) is 0.691. The van der Waals surface area contributed by atoms with E-state index in [9.17, 15) is 4.79 Å². The fraction of sp³-hybridized carbons (Fsp3) is 0.562. The molecule has 20 heavy (non-hydrogen) atoms. The zero-order valence-corrected chi connectivity index (χ0v) is 13.1. The van der Waals surface area contributed by atoms with Crippen molar-refractivity contribution in [3.05, 3.63) is 35.4 Å². The summed E-state index contributed by atoms with van der Waals surface area (Å²) in [6.45, 7) is 6.22. The molecule has 2 rings (SSSR count). The second kappa shape index (κ2) is 8.28. The minimum Gasteiger partial charge on any atom is -0.349 e. The molecule has 1 fully saturated rings. The normalized spacial score (nSPS) is 19.2. The van der Waals surface area contributed by atoms with Crippen LogP contribution in [0.4, 0.5) is 0 Å². The molecular weight excluding hydrogens is 272 g/mol. The monoisotopic (exact) mass is 296 g/mol. The van der Waals surface area contributed by atoms with E-state index in [1.165, 1.54) is 11.1 Å². The van der Waals surface area contributed by atoms with Gasteiger partial charge in [-0.1, -0.05) is 36.8 Å². The van der Waals surface area contributed by atoms with Gasteiger partial charge in [0.2, 0.25) is 5.91 Å². The lowest BCUT2D eigenvalue weighted by Crippen LogP contribution is -2.30. The van der Waals surface area contributed by atoms with Crippen molar-refractivity contribution in [2.45, 2.75) is 39.2 Å². The molecule has 3 nitrogen and oxygen atoms in total. The molecule has 2 N–H and O–H groups in total. The average Bonchev–Trinajstić information content (AvgIpc) is 2.90. The summed E-state index contributed by atoms with van der Waals surface area (Å²) in [6.07, 6.45) is 2.70. The predicted octanol–water partition coefficient (Wildman–Crippen LogP) is 2.98. The van der Waals surface area contributed by atoms with Crippen molar-refractivity contribution >= 4 is 18.3 Å². The fourth-order valence-corrected chi connectivity index (χ4v) is 2.62. The van der Waals surface area contributed by atoms with Gasteiger partial charge < -0.3 is 10.6 Å². The third-order valence-electron chi connectivity index (χ3n) is 3.86. The van der Waals surface area contributed by atoms with Crippen LogP contribution in [0.1, 0.15) is 43.4 Å². The van der Waals surface area contributed by atoms with Gasteiger partial charge in [-0.2, -0.15) is 0 Å². The molecule has 1 saturated heterocycles. The lowest BCUT2D eigenvalue weighted by molar-refractivity contribution is -0.122. The Kier molecular flexibility index (Phi) is 7.03. The molecule has 1 aliphatic heterocycles. The summed E-state index contributed by atoms with van der Waals surface area (Å²) in [5.41, 5.74) is 2.45. The Morgan fingerprint density at radius 1 is 1.40 bits per heavy atom. The SMILES string of the molecule is CCC(NC(=O)CC1CCNC1)c1ccc(C)cc1.Cl. The lowest BCUT2D eigenvalue weighted by Gasteiger charge is -2.19. The minimum absolute atomic E-state index is 0. The molecule has 1 aliphatic rings. The van der Waals surface area contributed by atoms with E-state index in [2.05, 4.69) is 48.7 Å². The van der Waals surface area contributed by atoms with E-state index in [1.54, 1.807) is 0 Å². The number of aryl methyl sites for hydroxylation is 1. The highest BCUT2D eigenvalue weighted by Crippen LogP contribution is 2.18. The average molecular weight is 297 g/mol. The molecule has 4 heteroatoms. The maximum absolute atomic E-state index is 12.1. The van der Waals surface area contributed by atoms with E-state index in [1.807, 2.05) is 0 Å². The maximum Gasteiger partial charge on any atom is 0.220 e. The number of carbonyl (C=O) groups excluding carboxylic acids is 1. The van der Waals surface area contributed by atoms with Crippen molar-refractivity contribution in [2.24, 2.45) is 5.92 Å². The predicted molar refractivity (Wildman–Crippen MR) is 85.2 cm³/mol. The standard InChI is InChI=1S/C16H24N2O.ClH/c1-3-15(14-6-4-12(2)5-7-14)18-16(19)10-13-8-9-17-11-13;/h4-7,13,15,17H,3,8-11H2,1-2H3,(H,18,19);1H. The van der Waals surface area contributed by atoms with Crippen LogP contribution in [0.3, 0.4) is 0 Å². The van der Waals surface area contributed by atoms with Gasteiger partial charge in [-0.3, -0.25) is 4.79 Å². The van der Waals surface area contributed by atoms with Gasteiger partial charge >= 0.3 is 0 Å². The van der Waals surface area contributed by atoms with Crippen LogP contribution >= 0.6 is 12.4 Å². The van der Waals surface area contributed by atoms with Crippen LogP contribution in [-0.4, -0.2) is 19.0 Å². The van der Waals surface area contributed by atoms with Crippen molar-refractivity contribution in [3.8, 4) is 0 Å². The summed E-state index contributed by atoms with van der Waals surface area (Å²) < 4.78 is 0. The molecule has 0 aromatic heterocycles. The van der Waals surface area contributed by atoms with Crippen molar-refractivity contribution in [1.29, 1.82) is 0 Å². The van der Waals surface area contributed by atoms with Crippen molar-refractivity contribution in [1.82, 2.24) is 10.6 Å². The first kappa shape index (κ1) is 17.0. The molecule has 1 amide bonds. The van der Waals surface area contributed by atoms with Crippen molar-refractivity contribution in [3.63, 3.8) is 0 Å². The second-order valence-corrected chi connectivity index (χ2v) is 5.50. The van der Waals surface area contributed by atoms with E-state index < -0.39 is 0 Å². The van der Waals surface area contributed by atoms with Gasteiger partial charge in [0.25, 0.3) is 0 Å². The summed E-state index contributed by atoms with van der Waals surface area (Å²) in [5, 5.41) is 6.47. The molecule has 1 aromatic carbocycles.